The van der Waals surface area contributed by atoms with Crippen molar-refractivity contribution >= 4 is 17.5 Å². The van der Waals surface area contributed by atoms with Crippen molar-refractivity contribution < 1.29 is 4.79 Å². The van der Waals surface area contributed by atoms with Gasteiger partial charge in [0, 0.05) is 49.7 Å². The summed E-state index contributed by atoms with van der Waals surface area (Å²) in [6, 6.07) is 8.97. The summed E-state index contributed by atoms with van der Waals surface area (Å²) in [5.41, 5.74) is 9.00. The van der Waals surface area contributed by atoms with E-state index in [1.807, 2.05) is 43.0 Å². The first-order chi connectivity index (χ1) is 14.0. The van der Waals surface area contributed by atoms with Gasteiger partial charge in [0.15, 0.2) is 5.82 Å². The van der Waals surface area contributed by atoms with Crippen molar-refractivity contribution in [2.24, 2.45) is 0 Å². The van der Waals surface area contributed by atoms with Crippen LogP contribution < -0.4 is 10.6 Å². The van der Waals surface area contributed by atoms with Crippen molar-refractivity contribution in [1.82, 2.24) is 24.8 Å². The van der Waals surface area contributed by atoms with Crippen molar-refractivity contribution in [3.8, 4) is 11.4 Å². The Morgan fingerprint density at radius 3 is 2.38 bits per heavy atom. The lowest BCUT2D eigenvalue weighted by atomic mass is 10.1. The lowest BCUT2D eigenvalue weighted by Crippen LogP contribution is -2.49. The first-order valence-corrected chi connectivity index (χ1v) is 9.55. The van der Waals surface area contributed by atoms with Crippen LogP contribution in [0.2, 0.25) is 0 Å². The Bertz CT molecular complexity index is 1030. The number of anilines is 2. The van der Waals surface area contributed by atoms with Crippen molar-refractivity contribution in [1.29, 1.82) is 0 Å². The number of benzene rings is 1. The minimum atomic E-state index is 0.0248. The van der Waals surface area contributed by atoms with Crippen LogP contribution in [0, 0.1) is 13.8 Å². The maximum absolute atomic E-state index is 12.9. The second-order valence-corrected chi connectivity index (χ2v) is 7.08. The van der Waals surface area contributed by atoms with Crippen molar-refractivity contribution in [3.05, 3.63) is 59.7 Å². The summed E-state index contributed by atoms with van der Waals surface area (Å²) in [6.07, 6.45) is 3.40. The number of carbonyl (C=O) groups is 1. The first-order valence-electron chi connectivity index (χ1n) is 9.55. The SMILES string of the molecule is Cc1cnc(C)c(N2CCN(C(=O)c3ccc(-c4nccc(N)n4)cc3)CC2)n1. The maximum atomic E-state index is 12.9. The van der Waals surface area contributed by atoms with Gasteiger partial charge in [-0.15, -0.1) is 0 Å². The molecular weight excluding hydrogens is 366 g/mol. The first kappa shape index (κ1) is 18.8. The van der Waals surface area contributed by atoms with E-state index < -0.39 is 0 Å². The fourth-order valence-electron chi connectivity index (χ4n) is 3.40. The molecule has 148 valence electrons. The molecule has 29 heavy (non-hydrogen) atoms. The minimum absolute atomic E-state index is 0.0248. The van der Waals surface area contributed by atoms with Gasteiger partial charge in [0.1, 0.15) is 11.6 Å². The Morgan fingerprint density at radius 2 is 1.69 bits per heavy atom. The van der Waals surface area contributed by atoms with Crippen molar-refractivity contribution in [3.63, 3.8) is 0 Å². The molecule has 3 heterocycles. The molecule has 4 rings (SSSR count). The van der Waals surface area contributed by atoms with Crippen LogP contribution in [0.1, 0.15) is 21.7 Å². The van der Waals surface area contributed by atoms with E-state index >= 15 is 0 Å². The average molecular weight is 389 g/mol. The minimum Gasteiger partial charge on any atom is -0.384 e. The van der Waals surface area contributed by atoms with E-state index in [1.165, 1.54) is 0 Å². The quantitative estimate of drug-likeness (QED) is 0.732. The lowest BCUT2D eigenvalue weighted by Gasteiger charge is -2.36. The molecule has 1 fully saturated rings. The molecule has 1 aliphatic rings. The molecule has 1 saturated heterocycles. The van der Waals surface area contributed by atoms with E-state index in [2.05, 4.69) is 24.8 Å². The fraction of sp³-hybridized carbons (Fsp3) is 0.286. The largest absolute Gasteiger partial charge is 0.384 e. The predicted octanol–water partition coefficient (Wildman–Crippen LogP) is 2.10. The molecule has 1 aromatic carbocycles. The summed E-state index contributed by atoms with van der Waals surface area (Å²) in [6.45, 7) is 6.67. The zero-order chi connectivity index (χ0) is 20.4. The summed E-state index contributed by atoms with van der Waals surface area (Å²) >= 11 is 0. The molecule has 0 atom stereocenters. The Hall–Kier alpha value is -3.55. The number of aromatic nitrogens is 4. The normalized spacial score (nSPS) is 14.1. The van der Waals surface area contributed by atoms with E-state index in [0.29, 0.717) is 30.3 Å². The van der Waals surface area contributed by atoms with Crippen LogP contribution in [-0.4, -0.2) is 56.9 Å². The number of nitrogens with zero attached hydrogens (tertiary/aromatic N) is 6. The number of hydrogen-bond acceptors (Lipinski definition) is 7. The molecule has 8 nitrogen and oxygen atoms in total. The van der Waals surface area contributed by atoms with Crippen LogP contribution in [0.15, 0.2) is 42.7 Å². The predicted molar refractivity (Wildman–Crippen MR) is 112 cm³/mol. The summed E-state index contributed by atoms with van der Waals surface area (Å²) < 4.78 is 0. The molecule has 2 aromatic heterocycles. The van der Waals surface area contributed by atoms with Gasteiger partial charge in [-0.05, 0) is 32.0 Å². The second-order valence-electron chi connectivity index (χ2n) is 7.08. The third kappa shape index (κ3) is 4.01. The zero-order valence-electron chi connectivity index (χ0n) is 16.5. The Morgan fingerprint density at radius 1 is 0.966 bits per heavy atom. The molecule has 0 saturated carbocycles. The van der Waals surface area contributed by atoms with Gasteiger partial charge in [-0.3, -0.25) is 9.78 Å². The van der Waals surface area contributed by atoms with E-state index in [4.69, 9.17) is 5.73 Å². The van der Waals surface area contributed by atoms with Crippen molar-refractivity contribution in [2.45, 2.75) is 13.8 Å². The Kier molecular flexibility index (Phi) is 5.07. The molecule has 0 radical (unpaired) electrons. The number of hydrogen-bond donors (Lipinski definition) is 1. The monoisotopic (exact) mass is 389 g/mol. The molecule has 0 bridgehead atoms. The zero-order valence-corrected chi connectivity index (χ0v) is 16.5. The van der Waals surface area contributed by atoms with Gasteiger partial charge in [-0.1, -0.05) is 12.1 Å². The summed E-state index contributed by atoms with van der Waals surface area (Å²) in [4.78, 5) is 34.4. The molecule has 0 spiro atoms. The van der Waals surface area contributed by atoms with Crippen LogP contribution in [0.25, 0.3) is 11.4 Å². The standard InChI is InChI=1S/C21H23N7O/c1-14-13-24-15(2)20(25-14)27-9-11-28(12-10-27)21(29)17-5-3-16(4-6-17)19-23-8-7-18(22)26-19/h3-8,13H,9-12H2,1-2H3,(H2,22,23,26). The number of carbonyl (C=O) groups excluding carboxylic acids is 1. The van der Waals surface area contributed by atoms with Crippen LogP contribution in [0.3, 0.4) is 0 Å². The molecule has 2 N–H and O–H groups in total. The topological polar surface area (TPSA) is 101 Å². The summed E-state index contributed by atoms with van der Waals surface area (Å²) in [5, 5.41) is 0. The Labute approximate surface area is 169 Å². The van der Waals surface area contributed by atoms with E-state index in [0.717, 1.165) is 35.9 Å². The lowest BCUT2D eigenvalue weighted by molar-refractivity contribution is 0.0746. The number of nitrogens with two attached hydrogens (primary N) is 1. The number of piperazine rings is 1. The molecule has 8 heteroatoms. The Balaban J connectivity index is 1.42. The molecule has 3 aromatic rings. The van der Waals surface area contributed by atoms with Gasteiger partial charge in [0.25, 0.3) is 5.91 Å². The highest BCUT2D eigenvalue weighted by Crippen LogP contribution is 2.20. The molecule has 0 unspecified atom stereocenters. The van der Waals surface area contributed by atoms with Crippen LogP contribution in [-0.2, 0) is 0 Å². The van der Waals surface area contributed by atoms with Gasteiger partial charge >= 0.3 is 0 Å². The van der Waals surface area contributed by atoms with Gasteiger partial charge in [0.2, 0.25) is 0 Å². The second kappa shape index (κ2) is 7.83. The molecular formula is C21H23N7O. The van der Waals surface area contributed by atoms with Gasteiger partial charge in [0.05, 0.1) is 11.4 Å². The average Bonchev–Trinajstić information content (AvgIpc) is 2.75. The van der Waals surface area contributed by atoms with E-state index in [1.54, 1.807) is 18.5 Å². The smallest absolute Gasteiger partial charge is 0.253 e. The highest BCUT2D eigenvalue weighted by atomic mass is 16.2. The molecule has 0 aliphatic carbocycles. The summed E-state index contributed by atoms with van der Waals surface area (Å²) in [7, 11) is 0. The molecule has 1 aliphatic heterocycles. The van der Waals surface area contributed by atoms with E-state index in [9.17, 15) is 4.79 Å². The van der Waals surface area contributed by atoms with Crippen LogP contribution in [0.4, 0.5) is 11.6 Å². The van der Waals surface area contributed by atoms with Crippen molar-refractivity contribution in [2.75, 3.05) is 36.8 Å². The molecule has 1 amide bonds. The fourth-order valence-corrected chi connectivity index (χ4v) is 3.40. The van der Waals surface area contributed by atoms with Crippen LogP contribution >= 0.6 is 0 Å². The third-order valence-electron chi connectivity index (χ3n) is 4.98. The highest BCUT2D eigenvalue weighted by molar-refractivity contribution is 5.94. The van der Waals surface area contributed by atoms with Gasteiger partial charge < -0.3 is 15.5 Å². The number of rotatable bonds is 3. The van der Waals surface area contributed by atoms with Gasteiger partial charge in [-0.25, -0.2) is 15.0 Å². The number of nitrogen functional groups attached to an aromatic ring is 1. The number of amides is 1. The van der Waals surface area contributed by atoms with E-state index in [-0.39, 0.29) is 5.91 Å². The maximum Gasteiger partial charge on any atom is 0.253 e. The highest BCUT2D eigenvalue weighted by Gasteiger charge is 2.24. The van der Waals surface area contributed by atoms with Gasteiger partial charge in [-0.2, -0.15) is 0 Å². The summed E-state index contributed by atoms with van der Waals surface area (Å²) in [5.74, 6) is 1.90. The third-order valence-corrected chi connectivity index (χ3v) is 4.98. The van der Waals surface area contributed by atoms with Crippen LogP contribution in [0.5, 0.6) is 0 Å². The number of aryl methyl sites for hydroxylation is 2.